The van der Waals surface area contributed by atoms with E-state index in [-0.39, 0.29) is 47.2 Å². The minimum atomic E-state index is -0.354. The second kappa shape index (κ2) is 13.6. The smallest absolute Gasteiger partial charge is 0.251 e. The van der Waals surface area contributed by atoms with Crippen LogP contribution in [0.4, 0.5) is 0 Å². The van der Waals surface area contributed by atoms with Crippen molar-refractivity contribution in [2.24, 2.45) is 10.4 Å². The maximum Gasteiger partial charge on any atom is 0.251 e. The second-order valence-corrected chi connectivity index (χ2v) is 8.72. The summed E-state index contributed by atoms with van der Waals surface area (Å²) in [4.78, 5) is 31.6. The number of benzene rings is 1. The lowest BCUT2D eigenvalue weighted by atomic mass is 9.84. The third-order valence-corrected chi connectivity index (χ3v) is 5.96. The summed E-state index contributed by atoms with van der Waals surface area (Å²) in [6.07, 6.45) is 4.87. The molecule has 1 aliphatic carbocycles. The lowest BCUT2D eigenvalue weighted by Gasteiger charge is -2.31. The summed E-state index contributed by atoms with van der Waals surface area (Å²) in [6, 6.07) is 7.72. The van der Waals surface area contributed by atoms with E-state index in [1.54, 1.807) is 4.90 Å². The van der Waals surface area contributed by atoms with Gasteiger partial charge in [0.1, 0.15) is 0 Å². The molecule has 0 aliphatic heterocycles. The Bertz CT molecular complexity index is 775. The molecule has 0 spiro atoms. The fraction of sp³-hybridized carbons (Fsp3) is 0.625. The van der Waals surface area contributed by atoms with Crippen LogP contribution in [0.2, 0.25) is 0 Å². The molecule has 1 saturated carbocycles. The fourth-order valence-corrected chi connectivity index (χ4v) is 3.98. The summed E-state index contributed by atoms with van der Waals surface area (Å²) < 4.78 is 0. The molecule has 1 aromatic carbocycles. The standard InChI is InChI=1S/C24H39N5O2.HI/c1-6-18(3)28-21(30)20-12-10-11-19(15-20)16-26-23(25-7-2)27-17-24(13-8-9-14-24)22(31)29(4)5;/h10-12,15,18H,6-9,13-14,16-17H2,1-5H3,(H,28,30)(H2,25,26,27);1H. The predicted octanol–water partition coefficient (Wildman–Crippen LogP) is 3.54. The fourth-order valence-electron chi connectivity index (χ4n) is 3.98. The van der Waals surface area contributed by atoms with Crippen LogP contribution in [0.1, 0.15) is 68.8 Å². The van der Waals surface area contributed by atoms with Gasteiger partial charge in [-0.05, 0) is 50.8 Å². The first kappa shape index (κ1) is 28.2. The van der Waals surface area contributed by atoms with Crippen molar-refractivity contribution in [2.75, 3.05) is 27.2 Å². The van der Waals surface area contributed by atoms with E-state index in [1.807, 2.05) is 59.1 Å². The average Bonchev–Trinajstić information content (AvgIpc) is 3.25. The van der Waals surface area contributed by atoms with Gasteiger partial charge in [-0.2, -0.15) is 0 Å². The third kappa shape index (κ3) is 7.94. The van der Waals surface area contributed by atoms with Crippen molar-refractivity contribution in [3.05, 3.63) is 35.4 Å². The largest absolute Gasteiger partial charge is 0.357 e. The van der Waals surface area contributed by atoms with E-state index in [0.29, 0.717) is 24.6 Å². The first-order chi connectivity index (χ1) is 14.8. The van der Waals surface area contributed by atoms with Crippen LogP contribution in [0.5, 0.6) is 0 Å². The highest BCUT2D eigenvalue weighted by molar-refractivity contribution is 14.0. The zero-order chi connectivity index (χ0) is 22.9. The minimum absolute atomic E-state index is 0. The summed E-state index contributed by atoms with van der Waals surface area (Å²) in [6.45, 7) is 7.83. The van der Waals surface area contributed by atoms with E-state index >= 15 is 0 Å². The zero-order valence-corrected chi connectivity index (χ0v) is 22.5. The van der Waals surface area contributed by atoms with Gasteiger partial charge in [0, 0.05) is 38.8 Å². The van der Waals surface area contributed by atoms with Crippen molar-refractivity contribution < 1.29 is 9.59 Å². The number of carbonyl (C=O) groups excluding carboxylic acids is 2. The summed E-state index contributed by atoms with van der Waals surface area (Å²) in [7, 11) is 3.65. The molecule has 0 bridgehead atoms. The van der Waals surface area contributed by atoms with Crippen LogP contribution < -0.4 is 16.0 Å². The first-order valence-electron chi connectivity index (χ1n) is 11.4. The molecule has 8 heteroatoms. The predicted molar refractivity (Wildman–Crippen MR) is 141 cm³/mol. The quantitative estimate of drug-likeness (QED) is 0.247. The number of hydrogen-bond donors (Lipinski definition) is 3. The van der Waals surface area contributed by atoms with E-state index in [9.17, 15) is 9.59 Å². The molecule has 0 saturated heterocycles. The van der Waals surface area contributed by atoms with Crippen LogP contribution in [0.15, 0.2) is 29.3 Å². The Morgan fingerprint density at radius 1 is 1.16 bits per heavy atom. The topological polar surface area (TPSA) is 85.8 Å². The van der Waals surface area contributed by atoms with Gasteiger partial charge in [-0.25, -0.2) is 4.99 Å². The number of guanidine groups is 1. The van der Waals surface area contributed by atoms with Gasteiger partial charge in [-0.1, -0.05) is 31.9 Å². The maximum atomic E-state index is 12.8. The van der Waals surface area contributed by atoms with Gasteiger partial charge in [0.15, 0.2) is 5.96 Å². The minimum Gasteiger partial charge on any atom is -0.357 e. The van der Waals surface area contributed by atoms with Gasteiger partial charge in [0.25, 0.3) is 5.91 Å². The van der Waals surface area contributed by atoms with Gasteiger partial charge in [-0.3, -0.25) is 9.59 Å². The number of nitrogens with zero attached hydrogens (tertiary/aromatic N) is 2. The van der Waals surface area contributed by atoms with Gasteiger partial charge < -0.3 is 20.9 Å². The molecule has 1 aromatic rings. The van der Waals surface area contributed by atoms with Crippen molar-refractivity contribution in [3.8, 4) is 0 Å². The Morgan fingerprint density at radius 2 is 1.84 bits per heavy atom. The molecule has 2 amide bonds. The number of amides is 2. The number of halogens is 1. The number of hydrogen-bond acceptors (Lipinski definition) is 3. The molecule has 2 rings (SSSR count). The van der Waals surface area contributed by atoms with Crippen LogP contribution in [-0.2, 0) is 11.3 Å². The number of aliphatic imine (C=N–C) groups is 1. The van der Waals surface area contributed by atoms with E-state index in [2.05, 4.69) is 16.0 Å². The first-order valence-corrected chi connectivity index (χ1v) is 11.4. The molecule has 1 aliphatic rings. The summed E-state index contributed by atoms with van der Waals surface area (Å²) in [5, 5.41) is 9.66. The Morgan fingerprint density at radius 3 is 2.44 bits per heavy atom. The molecular formula is C24H40IN5O2. The monoisotopic (exact) mass is 557 g/mol. The maximum absolute atomic E-state index is 12.8. The highest BCUT2D eigenvalue weighted by Crippen LogP contribution is 2.38. The molecule has 1 unspecified atom stereocenters. The molecule has 1 fully saturated rings. The van der Waals surface area contributed by atoms with E-state index in [0.717, 1.165) is 44.2 Å². The molecule has 7 nitrogen and oxygen atoms in total. The second-order valence-electron chi connectivity index (χ2n) is 8.72. The summed E-state index contributed by atoms with van der Waals surface area (Å²) in [5.41, 5.74) is 1.26. The van der Waals surface area contributed by atoms with Gasteiger partial charge in [0.05, 0.1) is 12.0 Å². The molecule has 0 aromatic heterocycles. The van der Waals surface area contributed by atoms with Crippen molar-refractivity contribution >= 4 is 41.8 Å². The Labute approximate surface area is 210 Å². The van der Waals surface area contributed by atoms with Crippen molar-refractivity contribution in [1.29, 1.82) is 0 Å². The lowest BCUT2D eigenvalue weighted by molar-refractivity contribution is -0.138. The lowest BCUT2D eigenvalue weighted by Crippen LogP contribution is -2.49. The van der Waals surface area contributed by atoms with Gasteiger partial charge in [0.2, 0.25) is 5.91 Å². The highest BCUT2D eigenvalue weighted by atomic mass is 127. The molecule has 1 atom stereocenters. The van der Waals surface area contributed by atoms with Crippen LogP contribution in [0, 0.1) is 5.41 Å². The Balaban J connectivity index is 0.00000512. The molecule has 180 valence electrons. The van der Waals surface area contributed by atoms with Crippen LogP contribution in [0.3, 0.4) is 0 Å². The number of rotatable bonds is 9. The average molecular weight is 558 g/mol. The molecule has 0 heterocycles. The van der Waals surface area contributed by atoms with Crippen LogP contribution >= 0.6 is 24.0 Å². The summed E-state index contributed by atoms with van der Waals surface area (Å²) >= 11 is 0. The van der Waals surface area contributed by atoms with Crippen LogP contribution in [0.25, 0.3) is 0 Å². The molecule has 0 radical (unpaired) electrons. The van der Waals surface area contributed by atoms with Crippen molar-refractivity contribution in [3.63, 3.8) is 0 Å². The number of nitrogens with one attached hydrogen (secondary N) is 3. The SMILES string of the molecule is CCNC(=NCc1cccc(C(=O)NC(C)CC)c1)NCC1(C(=O)N(C)C)CCCC1.I. The summed E-state index contributed by atoms with van der Waals surface area (Å²) in [5.74, 6) is 0.818. The zero-order valence-electron chi connectivity index (χ0n) is 20.2. The normalized spacial score (nSPS) is 16.0. The molecule has 32 heavy (non-hydrogen) atoms. The van der Waals surface area contributed by atoms with Gasteiger partial charge in [-0.15, -0.1) is 24.0 Å². The molecule has 3 N–H and O–H groups in total. The van der Waals surface area contributed by atoms with E-state index in [1.165, 1.54) is 0 Å². The number of carbonyl (C=O) groups is 2. The Hall–Kier alpha value is -1.84. The van der Waals surface area contributed by atoms with Gasteiger partial charge >= 0.3 is 0 Å². The highest BCUT2D eigenvalue weighted by Gasteiger charge is 2.42. The van der Waals surface area contributed by atoms with Crippen LogP contribution in [-0.4, -0.2) is 55.9 Å². The van der Waals surface area contributed by atoms with E-state index in [4.69, 9.17) is 4.99 Å². The Kier molecular flexibility index (Phi) is 12.0. The third-order valence-electron chi connectivity index (χ3n) is 5.96. The molecular weight excluding hydrogens is 517 g/mol. The van der Waals surface area contributed by atoms with E-state index < -0.39 is 0 Å². The van der Waals surface area contributed by atoms with Crippen molar-refractivity contribution in [1.82, 2.24) is 20.9 Å². The van der Waals surface area contributed by atoms with Crippen molar-refractivity contribution in [2.45, 2.75) is 65.5 Å².